The third-order valence-corrected chi connectivity index (χ3v) is 6.56. The fourth-order valence-electron chi connectivity index (χ4n) is 4.21. The van der Waals surface area contributed by atoms with Crippen LogP contribution in [0.15, 0.2) is 134 Å². The van der Waals surface area contributed by atoms with E-state index in [2.05, 4.69) is 48.0 Å². The minimum Gasteiger partial charge on any atom is -0.249 e. The van der Waals surface area contributed by atoms with Crippen LogP contribution >= 0.6 is 24.8 Å². The Hall–Kier alpha value is -3.74. The molecule has 1 aromatic rings. The molecule has 0 aromatic heterocycles. The van der Waals surface area contributed by atoms with Gasteiger partial charge in [0.05, 0.1) is 45.6 Å². The molecule has 6 heteroatoms. The third-order valence-electron chi connectivity index (χ3n) is 5.90. The molecule has 0 saturated heterocycles. The second-order valence-corrected chi connectivity index (χ2v) is 9.36. The van der Waals surface area contributed by atoms with Crippen molar-refractivity contribution < 1.29 is 0 Å². The summed E-state index contributed by atoms with van der Waals surface area (Å²) in [6.07, 6.45) is 22.9. The van der Waals surface area contributed by atoms with Gasteiger partial charge < -0.3 is 0 Å². The molecule has 4 nitrogen and oxygen atoms in total. The summed E-state index contributed by atoms with van der Waals surface area (Å²) in [7, 11) is 0. The van der Waals surface area contributed by atoms with Gasteiger partial charge in [0.15, 0.2) is 0 Å². The summed E-state index contributed by atoms with van der Waals surface area (Å²) in [6.45, 7) is 0. The van der Waals surface area contributed by atoms with Gasteiger partial charge in [0.25, 0.3) is 0 Å². The molecule has 5 aliphatic heterocycles. The zero-order valence-electron chi connectivity index (χ0n) is 18.7. The molecule has 0 atom stereocenters. The quantitative estimate of drug-likeness (QED) is 0.309. The van der Waals surface area contributed by atoms with Crippen LogP contribution in [-0.4, -0.2) is 33.5 Å². The van der Waals surface area contributed by atoms with E-state index in [4.69, 9.17) is 27.2 Å². The van der Waals surface area contributed by atoms with Crippen molar-refractivity contribution in [2.45, 2.75) is 6.42 Å². The predicted molar refractivity (Wildman–Crippen MR) is 154 cm³/mol. The Balaban J connectivity index is 1.42. The summed E-state index contributed by atoms with van der Waals surface area (Å²) in [6, 6.07) is 8.36. The van der Waals surface area contributed by atoms with Gasteiger partial charge >= 0.3 is 0 Å². The van der Waals surface area contributed by atoms with Crippen LogP contribution in [0.3, 0.4) is 0 Å². The van der Waals surface area contributed by atoms with E-state index in [0.29, 0.717) is 0 Å². The van der Waals surface area contributed by atoms with E-state index in [-0.39, 0.29) is 0 Å². The molecule has 35 heavy (non-hydrogen) atoms. The lowest BCUT2D eigenvalue weighted by Gasteiger charge is -2.07. The van der Waals surface area contributed by atoms with E-state index >= 15 is 0 Å². The molecule has 0 aliphatic carbocycles. The lowest BCUT2D eigenvalue weighted by Crippen LogP contribution is -2.00. The fraction of sp³-hybridized carbons (Fsp3) is 0.0690. The maximum atomic E-state index is 5.52. The number of aliphatic imine (C=N–C) groups is 4. The third kappa shape index (κ3) is 4.63. The van der Waals surface area contributed by atoms with Crippen molar-refractivity contribution in [2.75, 3.05) is 5.75 Å². The first kappa shape index (κ1) is 21.8. The zero-order chi connectivity index (χ0) is 23.8. The molecule has 0 amide bonds. The lowest BCUT2D eigenvalue weighted by molar-refractivity contribution is 1.34. The van der Waals surface area contributed by atoms with Crippen molar-refractivity contribution >= 4 is 58.1 Å². The molecule has 0 fully saturated rings. The highest BCUT2D eigenvalue weighted by molar-refractivity contribution is 7.81. The van der Waals surface area contributed by atoms with Crippen molar-refractivity contribution in [2.24, 2.45) is 20.0 Å². The Morgan fingerprint density at radius 2 is 1.17 bits per heavy atom. The predicted octanol–water partition coefficient (Wildman–Crippen LogP) is 6.14. The van der Waals surface area contributed by atoms with E-state index < -0.39 is 0 Å². The molecule has 6 rings (SSSR count). The molecule has 5 heterocycles. The summed E-state index contributed by atoms with van der Waals surface area (Å²) in [5, 5.41) is 0. The second-order valence-electron chi connectivity index (χ2n) is 8.42. The zero-order valence-corrected chi connectivity index (χ0v) is 20.4. The largest absolute Gasteiger partial charge is 0.249 e. The minimum atomic E-state index is 0.746. The van der Waals surface area contributed by atoms with Crippen molar-refractivity contribution in [1.29, 1.82) is 0 Å². The highest BCUT2D eigenvalue weighted by atomic mass is 32.1. The Kier molecular flexibility index (Phi) is 5.68. The number of benzene rings is 1. The first-order valence-electron chi connectivity index (χ1n) is 11.4. The van der Waals surface area contributed by atoms with Gasteiger partial charge in [0.2, 0.25) is 0 Å². The van der Waals surface area contributed by atoms with Crippen molar-refractivity contribution in [3.63, 3.8) is 0 Å². The molecule has 0 radical (unpaired) electrons. The Labute approximate surface area is 214 Å². The molecule has 8 bridgehead atoms. The molecular formula is C29H20N4S2. The maximum absolute atomic E-state index is 5.52. The van der Waals surface area contributed by atoms with Crippen molar-refractivity contribution in [3.8, 4) is 0 Å². The molecule has 0 unspecified atom stereocenters. The lowest BCUT2D eigenvalue weighted by atomic mass is 9.98. The number of rotatable bonds is 4. The number of hydrogen-bond acceptors (Lipinski definition) is 6. The maximum Gasteiger partial charge on any atom is 0.0737 e. The molecule has 5 aliphatic rings. The van der Waals surface area contributed by atoms with Gasteiger partial charge in [-0.05, 0) is 90.1 Å². The van der Waals surface area contributed by atoms with Gasteiger partial charge in [-0.3, -0.25) is 0 Å². The summed E-state index contributed by atoms with van der Waals surface area (Å²) >= 11 is 9.82. The fourth-order valence-corrected chi connectivity index (χ4v) is 4.82. The Bertz CT molecular complexity index is 1530. The highest BCUT2D eigenvalue weighted by Gasteiger charge is 2.18. The Morgan fingerprint density at radius 3 is 1.74 bits per heavy atom. The van der Waals surface area contributed by atoms with E-state index in [1.807, 2.05) is 60.8 Å². The van der Waals surface area contributed by atoms with Crippen LogP contribution in [0.5, 0.6) is 0 Å². The van der Waals surface area contributed by atoms with Crippen LogP contribution in [0.4, 0.5) is 0 Å². The number of thiocarbonyl (C=S) groups is 1. The van der Waals surface area contributed by atoms with Gasteiger partial charge in [-0.1, -0.05) is 36.5 Å². The molecule has 0 N–H and O–H groups in total. The number of allylic oxidation sites excluding steroid dienone is 12. The van der Waals surface area contributed by atoms with Gasteiger partial charge in [-0.25, -0.2) is 20.0 Å². The highest BCUT2D eigenvalue weighted by Crippen LogP contribution is 2.29. The first-order valence-corrected chi connectivity index (χ1v) is 12.4. The summed E-state index contributed by atoms with van der Waals surface area (Å²) < 4.78 is 0. The summed E-state index contributed by atoms with van der Waals surface area (Å²) in [5.74, 6) is 0.746. The van der Waals surface area contributed by atoms with Gasteiger partial charge in [-0.15, -0.1) is 0 Å². The van der Waals surface area contributed by atoms with E-state index in [1.165, 1.54) is 0 Å². The molecule has 0 spiro atoms. The average molecular weight is 489 g/mol. The molecular weight excluding hydrogens is 468 g/mol. The number of hydrogen-bond donors (Lipinski definition) is 1. The molecule has 1 aromatic carbocycles. The number of nitrogens with zero attached hydrogens (tertiary/aromatic N) is 4. The second kappa shape index (κ2) is 9.13. The molecule has 0 saturated carbocycles. The summed E-state index contributed by atoms with van der Waals surface area (Å²) in [4.78, 5) is 20.0. The van der Waals surface area contributed by atoms with Crippen LogP contribution in [0.2, 0.25) is 0 Å². The molecule has 168 valence electrons. The standard InChI is InChI=1S/C29H20N4S2/c34-12-11-29(35)19-3-1-18(2-4-19)27-16-26-15-24-8-7-22(31-24)13-20-5-6-21(30-20)14-23-9-10-25(32-23)17-28(27)33-26/h1-10,13-17,34H,11-12H2. The van der Waals surface area contributed by atoms with Crippen molar-refractivity contribution in [3.05, 3.63) is 125 Å². The monoisotopic (exact) mass is 488 g/mol. The van der Waals surface area contributed by atoms with Gasteiger partial charge in [0.1, 0.15) is 0 Å². The summed E-state index contributed by atoms with van der Waals surface area (Å²) in [5.41, 5.74) is 10.1. The van der Waals surface area contributed by atoms with E-state index in [0.717, 1.165) is 79.4 Å². The van der Waals surface area contributed by atoms with Crippen molar-refractivity contribution in [1.82, 2.24) is 0 Å². The van der Waals surface area contributed by atoms with Crippen LogP contribution < -0.4 is 0 Å². The van der Waals surface area contributed by atoms with Crippen LogP contribution in [0, 0.1) is 0 Å². The normalized spacial score (nSPS) is 19.4. The van der Waals surface area contributed by atoms with Crippen LogP contribution in [0.25, 0.3) is 5.57 Å². The van der Waals surface area contributed by atoms with Gasteiger partial charge in [-0.2, -0.15) is 12.6 Å². The Morgan fingerprint density at radius 1 is 0.629 bits per heavy atom. The number of thiol groups is 1. The van der Waals surface area contributed by atoms with E-state index in [9.17, 15) is 0 Å². The van der Waals surface area contributed by atoms with Crippen LogP contribution in [-0.2, 0) is 0 Å². The van der Waals surface area contributed by atoms with E-state index in [1.54, 1.807) is 0 Å². The number of fused-ring (bicyclic) bond motifs is 4. The average Bonchev–Trinajstić information content (AvgIpc) is 3.65. The van der Waals surface area contributed by atoms with Gasteiger partial charge in [0, 0.05) is 10.4 Å². The minimum absolute atomic E-state index is 0.746. The smallest absolute Gasteiger partial charge is 0.0737 e. The topological polar surface area (TPSA) is 49.4 Å². The SMILES string of the molecule is S=C(CCS)c1ccc(C2=CC3=CC4=NC(=CC5=NC(=CC6=NC(=CC2=N3)C=C6)C=C5)C=C4)cc1. The first-order chi connectivity index (χ1) is 17.1. The van der Waals surface area contributed by atoms with Crippen LogP contribution in [0.1, 0.15) is 17.5 Å².